The van der Waals surface area contributed by atoms with Gasteiger partial charge >= 0.3 is 0 Å². The van der Waals surface area contributed by atoms with E-state index in [9.17, 15) is 4.79 Å². The first kappa shape index (κ1) is 21.7. The SMILES string of the molecule is CC(C)N(C(C)C)C(C)c1cccc2c1N(C(=O)c1ccccc1)c1ccccc1S2. The van der Waals surface area contributed by atoms with Crippen molar-refractivity contribution in [3.63, 3.8) is 0 Å². The van der Waals surface area contributed by atoms with Crippen LogP contribution in [0.3, 0.4) is 0 Å². The van der Waals surface area contributed by atoms with Gasteiger partial charge in [-0.25, -0.2) is 0 Å². The Morgan fingerprint density at radius 1 is 0.774 bits per heavy atom. The summed E-state index contributed by atoms with van der Waals surface area (Å²) in [5.74, 6) is 0.00916. The minimum absolute atomic E-state index is 0.00916. The average molecular weight is 431 g/mol. The van der Waals surface area contributed by atoms with Gasteiger partial charge in [-0.3, -0.25) is 14.6 Å². The maximum absolute atomic E-state index is 13.8. The van der Waals surface area contributed by atoms with Gasteiger partial charge in [0.05, 0.1) is 11.4 Å². The molecule has 1 aliphatic rings. The Balaban J connectivity index is 1.91. The molecule has 0 aromatic heterocycles. The number of para-hydroxylation sites is 2. The lowest BCUT2D eigenvalue weighted by Gasteiger charge is -2.40. The Labute approximate surface area is 190 Å². The van der Waals surface area contributed by atoms with Crippen LogP contribution in [0.25, 0.3) is 0 Å². The molecular weight excluding hydrogens is 400 g/mol. The zero-order valence-corrected chi connectivity index (χ0v) is 19.7. The Kier molecular flexibility index (Phi) is 6.22. The molecule has 0 saturated heterocycles. The summed E-state index contributed by atoms with van der Waals surface area (Å²) in [5, 5.41) is 0. The van der Waals surface area contributed by atoms with Gasteiger partial charge in [-0.2, -0.15) is 0 Å². The predicted molar refractivity (Wildman–Crippen MR) is 130 cm³/mol. The average Bonchev–Trinajstić information content (AvgIpc) is 2.76. The van der Waals surface area contributed by atoms with Crippen molar-refractivity contribution >= 4 is 29.0 Å². The number of carbonyl (C=O) groups excluding carboxylic acids is 1. The molecule has 1 heterocycles. The first-order valence-corrected chi connectivity index (χ1v) is 11.8. The smallest absolute Gasteiger partial charge is 0.262 e. The van der Waals surface area contributed by atoms with Crippen molar-refractivity contribution in [1.29, 1.82) is 0 Å². The van der Waals surface area contributed by atoms with Gasteiger partial charge in [0, 0.05) is 33.5 Å². The maximum Gasteiger partial charge on any atom is 0.262 e. The van der Waals surface area contributed by atoms with Crippen LogP contribution in [0.2, 0.25) is 0 Å². The summed E-state index contributed by atoms with van der Waals surface area (Å²) in [6.07, 6.45) is 0. The molecule has 0 radical (unpaired) electrons. The van der Waals surface area contributed by atoms with E-state index in [1.54, 1.807) is 11.8 Å². The molecule has 1 unspecified atom stereocenters. The molecule has 1 amide bonds. The number of hydrogen-bond donors (Lipinski definition) is 0. The molecule has 4 rings (SSSR count). The molecular formula is C27H30N2OS. The third-order valence-electron chi connectivity index (χ3n) is 5.89. The van der Waals surface area contributed by atoms with E-state index < -0.39 is 0 Å². The molecule has 160 valence electrons. The van der Waals surface area contributed by atoms with E-state index in [1.165, 1.54) is 5.56 Å². The van der Waals surface area contributed by atoms with E-state index in [-0.39, 0.29) is 11.9 Å². The largest absolute Gasteiger partial charge is 0.292 e. The molecule has 3 nitrogen and oxygen atoms in total. The molecule has 0 N–H and O–H groups in total. The second-order valence-electron chi connectivity index (χ2n) is 8.58. The molecule has 4 heteroatoms. The summed E-state index contributed by atoms with van der Waals surface area (Å²) >= 11 is 1.75. The number of nitrogens with zero attached hydrogens (tertiary/aromatic N) is 2. The normalized spacial score (nSPS) is 14.0. The van der Waals surface area contributed by atoms with E-state index in [1.807, 2.05) is 47.4 Å². The number of fused-ring (bicyclic) bond motifs is 2. The molecule has 31 heavy (non-hydrogen) atoms. The van der Waals surface area contributed by atoms with Gasteiger partial charge in [0.15, 0.2) is 0 Å². The minimum atomic E-state index is 0.00916. The maximum atomic E-state index is 13.8. The summed E-state index contributed by atoms with van der Waals surface area (Å²) in [4.78, 5) is 20.5. The van der Waals surface area contributed by atoms with Crippen LogP contribution in [0.4, 0.5) is 11.4 Å². The first-order chi connectivity index (χ1) is 14.9. The van der Waals surface area contributed by atoms with Gasteiger partial charge < -0.3 is 0 Å². The quantitative estimate of drug-likeness (QED) is 0.424. The van der Waals surface area contributed by atoms with Crippen LogP contribution in [-0.2, 0) is 0 Å². The second-order valence-corrected chi connectivity index (χ2v) is 9.66. The van der Waals surface area contributed by atoms with E-state index in [2.05, 4.69) is 69.9 Å². The molecule has 0 spiro atoms. The molecule has 1 atom stereocenters. The Morgan fingerprint density at radius 2 is 1.39 bits per heavy atom. The van der Waals surface area contributed by atoms with Gasteiger partial charge in [-0.05, 0) is 70.5 Å². The first-order valence-electron chi connectivity index (χ1n) is 11.0. The topological polar surface area (TPSA) is 23.6 Å². The summed E-state index contributed by atoms with van der Waals surface area (Å²) in [6.45, 7) is 11.2. The van der Waals surface area contributed by atoms with Crippen LogP contribution < -0.4 is 4.90 Å². The molecule has 3 aromatic carbocycles. The fourth-order valence-electron chi connectivity index (χ4n) is 4.74. The number of carbonyl (C=O) groups is 1. The van der Waals surface area contributed by atoms with E-state index in [0.717, 1.165) is 21.2 Å². The van der Waals surface area contributed by atoms with Crippen molar-refractivity contribution in [2.24, 2.45) is 0 Å². The summed E-state index contributed by atoms with van der Waals surface area (Å²) in [5.41, 5.74) is 3.85. The summed E-state index contributed by atoms with van der Waals surface area (Å²) in [6, 6.07) is 25.2. The highest BCUT2D eigenvalue weighted by Gasteiger charge is 2.34. The predicted octanol–water partition coefficient (Wildman–Crippen LogP) is 7.31. The van der Waals surface area contributed by atoms with Crippen LogP contribution in [0, 0.1) is 0 Å². The van der Waals surface area contributed by atoms with E-state index >= 15 is 0 Å². The number of amides is 1. The third-order valence-corrected chi connectivity index (χ3v) is 7.01. The molecule has 0 saturated carbocycles. The highest BCUT2D eigenvalue weighted by molar-refractivity contribution is 7.99. The van der Waals surface area contributed by atoms with E-state index in [4.69, 9.17) is 0 Å². The highest BCUT2D eigenvalue weighted by atomic mass is 32.2. The van der Waals surface area contributed by atoms with Crippen LogP contribution >= 0.6 is 11.8 Å². The standard InChI is InChI=1S/C27H30N2OS/c1-18(2)28(19(3)4)20(5)22-14-11-17-25-26(22)29(23-15-9-10-16-24(23)31-25)27(30)21-12-7-6-8-13-21/h6-20H,1-5H3. The second kappa shape index (κ2) is 8.89. The lowest BCUT2D eigenvalue weighted by molar-refractivity contribution is 0.0996. The number of anilines is 2. The molecule has 1 aliphatic heterocycles. The number of rotatable bonds is 5. The van der Waals surface area contributed by atoms with Gasteiger partial charge in [-0.1, -0.05) is 54.2 Å². The van der Waals surface area contributed by atoms with Crippen molar-refractivity contribution < 1.29 is 4.79 Å². The van der Waals surface area contributed by atoms with Crippen molar-refractivity contribution in [2.45, 2.75) is 62.5 Å². The number of benzene rings is 3. The van der Waals surface area contributed by atoms with Gasteiger partial charge in [0.25, 0.3) is 5.91 Å². The van der Waals surface area contributed by atoms with Crippen LogP contribution in [0.15, 0.2) is 82.6 Å². The van der Waals surface area contributed by atoms with Crippen molar-refractivity contribution in [3.8, 4) is 0 Å². The Hall–Kier alpha value is -2.56. The summed E-state index contributed by atoms with van der Waals surface area (Å²) < 4.78 is 0. The minimum Gasteiger partial charge on any atom is -0.292 e. The number of hydrogen-bond acceptors (Lipinski definition) is 3. The zero-order chi connectivity index (χ0) is 22.1. The third kappa shape index (κ3) is 4.02. The summed E-state index contributed by atoms with van der Waals surface area (Å²) in [7, 11) is 0. The van der Waals surface area contributed by atoms with Gasteiger partial charge in [-0.15, -0.1) is 0 Å². The Morgan fingerprint density at radius 3 is 2.06 bits per heavy atom. The van der Waals surface area contributed by atoms with E-state index in [0.29, 0.717) is 17.6 Å². The van der Waals surface area contributed by atoms with Gasteiger partial charge in [0.1, 0.15) is 0 Å². The monoisotopic (exact) mass is 430 g/mol. The lowest BCUT2D eigenvalue weighted by Crippen LogP contribution is -2.40. The van der Waals surface area contributed by atoms with Crippen molar-refractivity contribution in [2.75, 3.05) is 4.90 Å². The molecule has 3 aromatic rings. The fraction of sp³-hybridized carbons (Fsp3) is 0.296. The Bertz CT molecular complexity index is 1070. The van der Waals surface area contributed by atoms with Crippen molar-refractivity contribution in [3.05, 3.63) is 83.9 Å². The molecule has 0 bridgehead atoms. The lowest BCUT2D eigenvalue weighted by atomic mass is 9.99. The highest BCUT2D eigenvalue weighted by Crippen LogP contribution is 2.51. The molecule has 0 fully saturated rings. The van der Waals surface area contributed by atoms with Gasteiger partial charge in [0.2, 0.25) is 0 Å². The fourth-order valence-corrected chi connectivity index (χ4v) is 5.84. The van der Waals surface area contributed by atoms with Crippen LogP contribution in [0.1, 0.15) is 56.6 Å². The molecule has 0 aliphatic carbocycles. The van der Waals surface area contributed by atoms with Crippen molar-refractivity contribution in [1.82, 2.24) is 4.90 Å². The van der Waals surface area contributed by atoms with Crippen LogP contribution in [0.5, 0.6) is 0 Å². The zero-order valence-electron chi connectivity index (χ0n) is 18.9. The van der Waals surface area contributed by atoms with Crippen LogP contribution in [-0.4, -0.2) is 22.9 Å².